The van der Waals surface area contributed by atoms with Gasteiger partial charge in [-0.3, -0.25) is 4.79 Å². The van der Waals surface area contributed by atoms with E-state index in [0.717, 1.165) is 51.4 Å². The fourth-order valence-electron chi connectivity index (χ4n) is 4.03. The van der Waals surface area contributed by atoms with Gasteiger partial charge in [0.15, 0.2) is 0 Å². The van der Waals surface area contributed by atoms with E-state index in [1.807, 2.05) is 6.08 Å². The molecule has 3 atom stereocenters. The molecule has 178 valence electrons. The van der Waals surface area contributed by atoms with E-state index in [1.54, 1.807) is 6.08 Å². The van der Waals surface area contributed by atoms with E-state index in [2.05, 4.69) is 47.6 Å². The van der Waals surface area contributed by atoms with Crippen LogP contribution in [0.15, 0.2) is 23.8 Å². The Morgan fingerprint density at radius 2 is 1.52 bits per heavy atom. The lowest BCUT2D eigenvalue weighted by molar-refractivity contribution is -0.153. The van der Waals surface area contributed by atoms with Crippen LogP contribution >= 0.6 is 0 Å². The van der Waals surface area contributed by atoms with Gasteiger partial charge in [0.1, 0.15) is 0 Å². The fourth-order valence-corrected chi connectivity index (χ4v) is 4.03. The lowest BCUT2D eigenvalue weighted by Crippen LogP contribution is -2.30. The highest BCUT2D eigenvalue weighted by atomic mass is 16.5. The molecule has 4 heteroatoms. The summed E-state index contributed by atoms with van der Waals surface area (Å²) >= 11 is 0. The van der Waals surface area contributed by atoms with Crippen LogP contribution in [0, 0.1) is 23.2 Å². The minimum Gasteiger partial charge on any atom is -0.465 e. The lowest BCUT2D eigenvalue weighted by Gasteiger charge is -2.26. The van der Waals surface area contributed by atoms with E-state index >= 15 is 0 Å². The van der Waals surface area contributed by atoms with Crippen LogP contribution in [-0.4, -0.2) is 25.2 Å². The maximum absolute atomic E-state index is 13.1. The van der Waals surface area contributed by atoms with Gasteiger partial charge in [-0.2, -0.15) is 0 Å². The number of ether oxygens (including phenoxy) is 2. The second-order valence-electron chi connectivity index (χ2n) is 9.79. The molecule has 3 unspecified atom stereocenters. The van der Waals surface area contributed by atoms with Gasteiger partial charge in [-0.25, -0.2) is 4.79 Å². The van der Waals surface area contributed by atoms with Crippen molar-refractivity contribution in [3.05, 3.63) is 23.8 Å². The molecular formula is C27H46O4. The summed E-state index contributed by atoms with van der Waals surface area (Å²) < 4.78 is 11.4. The van der Waals surface area contributed by atoms with Gasteiger partial charge >= 0.3 is 11.9 Å². The van der Waals surface area contributed by atoms with E-state index in [4.69, 9.17) is 9.47 Å². The minimum atomic E-state index is -0.586. The molecule has 0 bridgehead atoms. The third-order valence-corrected chi connectivity index (χ3v) is 6.45. The maximum atomic E-state index is 13.1. The normalized spacial score (nSPS) is 19.8. The molecule has 0 aliphatic heterocycles. The van der Waals surface area contributed by atoms with E-state index in [-0.39, 0.29) is 17.4 Å². The molecule has 0 saturated carbocycles. The second kappa shape index (κ2) is 14.5. The molecule has 0 heterocycles. The van der Waals surface area contributed by atoms with Gasteiger partial charge in [-0.1, -0.05) is 98.3 Å². The van der Waals surface area contributed by atoms with Gasteiger partial charge in [0.05, 0.1) is 24.7 Å². The zero-order chi connectivity index (χ0) is 23.3. The van der Waals surface area contributed by atoms with Crippen molar-refractivity contribution in [2.45, 2.75) is 99.3 Å². The van der Waals surface area contributed by atoms with Crippen molar-refractivity contribution in [2.75, 3.05) is 13.2 Å². The summed E-state index contributed by atoms with van der Waals surface area (Å²) in [5.74, 6) is -0.511. The Morgan fingerprint density at radius 1 is 0.968 bits per heavy atom. The molecule has 1 rings (SSSR count). The number of unbranched alkanes of at least 4 members (excludes halogenated alkanes) is 2. The van der Waals surface area contributed by atoms with E-state index < -0.39 is 5.92 Å². The Labute approximate surface area is 190 Å². The zero-order valence-electron chi connectivity index (χ0n) is 20.9. The van der Waals surface area contributed by atoms with Crippen molar-refractivity contribution in [1.82, 2.24) is 0 Å². The SMILES string of the molecule is CCCCC(CC)COC(=O)C1=CC=CC(C)(C)CC1C(=O)OCC(CC)CCCC. The largest absolute Gasteiger partial charge is 0.465 e. The molecule has 0 N–H and O–H groups in total. The van der Waals surface area contributed by atoms with Gasteiger partial charge in [0.2, 0.25) is 0 Å². The summed E-state index contributed by atoms with van der Waals surface area (Å²) in [5, 5.41) is 0. The minimum absolute atomic E-state index is 0.193. The summed E-state index contributed by atoms with van der Waals surface area (Å²) in [5.41, 5.74) is 0.237. The molecule has 4 nitrogen and oxygen atoms in total. The predicted octanol–water partition coefficient (Wildman–Crippen LogP) is 7.03. The molecule has 0 spiro atoms. The Kier molecular flexibility index (Phi) is 12.8. The van der Waals surface area contributed by atoms with Crippen LogP contribution in [0.4, 0.5) is 0 Å². The molecule has 0 saturated heterocycles. The van der Waals surface area contributed by atoms with Crippen molar-refractivity contribution >= 4 is 11.9 Å². The fraction of sp³-hybridized carbons (Fsp3) is 0.778. The van der Waals surface area contributed by atoms with Crippen molar-refractivity contribution in [3.63, 3.8) is 0 Å². The highest BCUT2D eigenvalue weighted by molar-refractivity contribution is 5.96. The number of rotatable bonds is 14. The number of esters is 2. The van der Waals surface area contributed by atoms with Crippen molar-refractivity contribution < 1.29 is 19.1 Å². The molecule has 0 aromatic heterocycles. The molecule has 1 aliphatic rings. The number of carbonyl (C=O) groups excluding carboxylic acids is 2. The van der Waals surface area contributed by atoms with Gasteiger partial charge in [-0.15, -0.1) is 0 Å². The van der Waals surface area contributed by atoms with Crippen molar-refractivity contribution in [1.29, 1.82) is 0 Å². The van der Waals surface area contributed by atoms with Crippen LogP contribution in [-0.2, 0) is 19.1 Å². The van der Waals surface area contributed by atoms with Crippen molar-refractivity contribution in [2.24, 2.45) is 23.2 Å². The highest BCUT2D eigenvalue weighted by Crippen LogP contribution is 2.35. The first kappa shape index (κ1) is 27.5. The summed E-state index contributed by atoms with van der Waals surface area (Å²) in [6.45, 7) is 13.6. The topological polar surface area (TPSA) is 52.6 Å². The zero-order valence-corrected chi connectivity index (χ0v) is 20.9. The standard InChI is InChI=1S/C27H46O4/c1-7-11-14-21(9-3)19-30-25(28)23-16-13-17-27(5,6)18-24(23)26(29)31-20-22(10-4)15-12-8-2/h13,16-17,21-22,24H,7-12,14-15,18-20H2,1-6H3. The van der Waals surface area contributed by atoms with Crippen LogP contribution < -0.4 is 0 Å². The molecule has 31 heavy (non-hydrogen) atoms. The van der Waals surface area contributed by atoms with Crippen LogP contribution in [0.25, 0.3) is 0 Å². The van der Waals surface area contributed by atoms with Crippen LogP contribution in [0.2, 0.25) is 0 Å². The lowest BCUT2D eigenvalue weighted by atomic mass is 9.81. The second-order valence-corrected chi connectivity index (χ2v) is 9.79. The molecule has 1 aliphatic carbocycles. The van der Waals surface area contributed by atoms with Gasteiger partial charge in [0, 0.05) is 0 Å². The number of allylic oxidation sites excluding steroid dienone is 3. The monoisotopic (exact) mass is 434 g/mol. The quantitative estimate of drug-likeness (QED) is 0.275. The third kappa shape index (κ3) is 10.1. The van der Waals surface area contributed by atoms with Crippen LogP contribution in [0.5, 0.6) is 0 Å². The summed E-state index contributed by atoms with van der Waals surface area (Å²) in [4.78, 5) is 26.1. The summed E-state index contributed by atoms with van der Waals surface area (Å²) in [6.07, 6.45) is 14.9. The molecule has 0 radical (unpaired) electrons. The molecule has 0 aromatic carbocycles. The number of carbonyl (C=O) groups is 2. The van der Waals surface area contributed by atoms with Gasteiger partial charge < -0.3 is 9.47 Å². The summed E-state index contributed by atoms with van der Waals surface area (Å²) in [7, 11) is 0. The van der Waals surface area contributed by atoms with Gasteiger partial charge in [0.25, 0.3) is 0 Å². The first-order valence-electron chi connectivity index (χ1n) is 12.5. The average molecular weight is 435 g/mol. The third-order valence-electron chi connectivity index (χ3n) is 6.45. The Hall–Kier alpha value is -1.58. The predicted molar refractivity (Wildman–Crippen MR) is 128 cm³/mol. The first-order valence-corrected chi connectivity index (χ1v) is 12.5. The Bertz CT molecular complexity index is 602. The molecule has 0 aromatic rings. The van der Waals surface area contributed by atoms with E-state index in [9.17, 15) is 9.59 Å². The molecule has 0 fully saturated rings. The Morgan fingerprint density at radius 3 is 2.03 bits per heavy atom. The number of hydrogen-bond donors (Lipinski definition) is 0. The van der Waals surface area contributed by atoms with Crippen LogP contribution in [0.3, 0.4) is 0 Å². The summed E-state index contributed by atoms with van der Waals surface area (Å²) in [6, 6.07) is 0. The van der Waals surface area contributed by atoms with Crippen LogP contribution in [0.1, 0.15) is 99.3 Å². The molecule has 0 amide bonds. The highest BCUT2D eigenvalue weighted by Gasteiger charge is 2.36. The van der Waals surface area contributed by atoms with E-state index in [1.165, 1.54) is 0 Å². The van der Waals surface area contributed by atoms with Gasteiger partial charge in [-0.05, 0) is 36.5 Å². The first-order chi connectivity index (χ1) is 14.8. The Balaban J connectivity index is 2.84. The van der Waals surface area contributed by atoms with E-state index in [0.29, 0.717) is 37.0 Å². The number of hydrogen-bond acceptors (Lipinski definition) is 4. The average Bonchev–Trinajstić information content (AvgIpc) is 2.91. The molecular weight excluding hydrogens is 388 g/mol. The smallest absolute Gasteiger partial charge is 0.334 e. The van der Waals surface area contributed by atoms with Crippen molar-refractivity contribution in [3.8, 4) is 0 Å². The maximum Gasteiger partial charge on any atom is 0.334 e.